The molecule has 1 aliphatic heterocycles. The van der Waals surface area contributed by atoms with Crippen LogP contribution >= 0.6 is 23.2 Å². The van der Waals surface area contributed by atoms with Crippen LogP contribution in [0, 0.1) is 0 Å². The van der Waals surface area contributed by atoms with Crippen LogP contribution in [0.4, 0.5) is 0 Å². The molecule has 2 N–H and O–H groups in total. The molecule has 0 aliphatic carbocycles. The van der Waals surface area contributed by atoms with Crippen molar-refractivity contribution in [3.05, 3.63) is 81.8 Å². The van der Waals surface area contributed by atoms with Gasteiger partial charge in [0, 0.05) is 31.1 Å². The lowest BCUT2D eigenvalue weighted by molar-refractivity contribution is -0.134. The van der Waals surface area contributed by atoms with Crippen LogP contribution in [-0.2, 0) is 11.4 Å². The fraction of sp³-hybridized carbons (Fsp3) is 0.310. The van der Waals surface area contributed by atoms with Gasteiger partial charge in [-0.3, -0.25) is 9.59 Å². The third-order valence-corrected chi connectivity index (χ3v) is 6.81. The summed E-state index contributed by atoms with van der Waals surface area (Å²) in [5, 5.41) is 14.0. The summed E-state index contributed by atoms with van der Waals surface area (Å²) in [6.07, 6.45) is -1.17. The number of nitrogens with zero attached hydrogens (tertiary/aromatic N) is 1. The van der Waals surface area contributed by atoms with E-state index in [4.69, 9.17) is 42.1 Å². The maximum Gasteiger partial charge on any atom is 0.263 e. The van der Waals surface area contributed by atoms with Crippen molar-refractivity contribution < 1.29 is 33.6 Å². The molecule has 4 rings (SSSR count). The van der Waals surface area contributed by atoms with Crippen LogP contribution in [0.15, 0.2) is 60.7 Å². The number of hydrogen-bond acceptors (Lipinski definition) is 7. The van der Waals surface area contributed by atoms with Gasteiger partial charge in [0.15, 0.2) is 6.10 Å². The van der Waals surface area contributed by atoms with Gasteiger partial charge in [-0.15, -0.1) is 0 Å². The topological polar surface area (TPSA) is 107 Å². The van der Waals surface area contributed by atoms with Crippen LogP contribution in [-0.4, -0.2) is 67.9 Å². The Labute approximate surface area is 242 Å². The monoisotopic (exact) mass is 588 g/mol. The van der Waals surface area contributed by atoms with Gasteiger partial charge in [0.1, 0.15) is 42.3 Å². The number of amides is 2. The fourth-order valence-corrected chi connectivity index (χ4v) is 4.48. The molecule has 3 aromatic carbocycles. The fourth-order valence-electron chi connectivity index (χ4n) is 4.13. The molecule has 1 aliphatic rings. The molecule has 0 saturated carbocycles. The number of carbonyl (C=O) groups is 2. The summed E-state index contributed by atoms with van der Waals surface area (Å²) in [7, 11) is 3.08. The molecule has 2 amide bonds. The third kappa shape index (κ3) is 7.50. The molecule has 9 nitrogen and oxygen atoms in total. The summed E-state index contributed by atoms with van der Waals surface area (Å²) in [6.45, 7) is 0.530. The molecule has 1 saturated heterocycles. The number of methoxy groups -OCH3 is 1. The maximum absolute atomic E-state index is 12.8. The second-order valence-corrected chi connectivity index (χ2v) is 9.94. The van der Waals surface area contributed by atoms with Gasteiger partial charge in [-0.25, -0.2) is 0 Å². The van der Waals surface area contributed by atoms with E-state index in [1.165, 1.54) is 24.1 Å². The highest BCUT2D eigenvalue weighted by molar-refractivity contribution is 6.32. The minimum Gasteiger partial charge on any atom is -0.497 e. The second-order valence-electron chi connectivity index (χ2n) is 9.09. The van der Waals surface area contributed by atoms with E-state index in [2.05, 4.69) is 5.32 Å². The minimum absolute atomic E-state index is 0.0447. The summed E-state index contributed by atoms with van der Waals surface area (Å²) in [5.41, 5.74) is 1.07. The predicted molar refractivity (Wildman–Crippen MR) is 151 cm³/mol. The SMILES string of the molecule is CNC(=O)c1cc(Cl)c(OCc2ccc(OC)cc2)cc1OCC(O)CN1CCC(Oc2ccc(Cl)cc2)C1=O. The molecule has 2 unspecified atom stereocenters. The molecular weight excluding hydrogens is 559 g/mol. The number of likely N-dealkylation sites (tertiary alicyclic amines) is 1. The summed E-state index contributed by atoms with van der Waals surface area (Å²) >= 11 is 12.3. The maximum atomic E-state index is 12.8. The van der Waals surface area contributed by atoms with E-state index < -0.39 is 18.1 Å². The Hall–Kier alpha value is -3.66. The minimum atomic E-state index is -1.02. The Bertz CT molecular complexity index is 1320. The van der Waals surface area contributed by atoms with Gasteiger partial charge in [-0.05, 0) is 48.0 Å². The first-order valence-corrected chi connectivity index (χ1v) is 13.4. The Morgan fingerprint density at radius 3 is 2.42 bits per heavy atom. The van der Waals surface area contributed by atoms with Crippen molar-refractivity contribution in [1.29, 1.82) is 0 Å². The zero-order chi connectivity index (χ0) is 28.6. The average molecular weight is 589 g/mol. The van der Waals surface area contributed by atoms with E-state index in [0.717, 1.165) is 11.3 Å². The Kier molecular flexibility index (Phi) is 9.98. The number of halogens is 2. The third-order valence-electron chi connectivity index (χ3n) is 6.26. The second kappa shape index (κ2) is 13.6. The summed E-state index contributed by atoms with van der Waals surface area (Å²) in [4.78, 5) is 26.8. The smallest absolute Gasteiger partial charge is 0.263 e. The molecule has 0 radical (unpaired) electrons. The number of carbonyl (C=O) groups excluding carboxylic acids is 2. The molecule has 11 heteroatoms. The highest BCUT2D eigenvalue weighted by atomic mass is 35.5. The average Bonchev–Trinajstić information content (AvgIpc) is 3.30. The van der Waals surface area contributed by atoms with E-state index in [-0.39, 0.29) is 42.0 Å². The van der Waals surface area contributed by atoms with Crippen molar-refractivity contribution in [3.63, 3.8) is 0 Å². The number of hydrogen-bond donors (Lipinski definition) is 2. The zero-order valence-electron chi connectivity index (χ0n) is 22.1. The van der Waals surface area contributed by atoms with Crippen molar-refractivity contribution in [1.82, 2.24) is 10.2 Å². The number of rotatable bonds is 12. The summed E-state index contributed by atoms with van der Waals surface area (Å²) < 4.78 is 22.7. The number of aliphatic hydroxyl groups is 1. The molecule has 212 valence electrons. The summed E-state index contributed by atoms with van der Waals surface area (Å²) in [5.74, 6) is 1.13. The number of ether oxygens (including phenoxy) is 4. The first kappa shape index (κ1) is 29.3. The standard InChI is InChI=1S/C29H30Cl2N2O7/c1-32-28(35)23-13-24(31)27(38-16-18-3-7-21(37-2)8-4-18)14-26(23)39-17-20(34)15-33-12-11-25(29(33)36)40-22-9-5-19(30)6-10-22/h3-10,13-14,20,25,34H,11-12,15-17H2,1-2H3,(H,32,35). The normalized spacial score (nSPS) is 15.5. The van der Waals surface area contributed by atoms with Gasteiger partial charge in [-0.2, -0.15) is 0 Å². The first-order valence-electron chi connectivity index (χ1n) is 12.6. The number of β-amino-alcohol motifs (C(OH)–C–C–N with tert-alkyl or cyclic N) is 1. The lowest BCUT2D eigenvalue weighted by atomic mass is 10.1. The van der Waals surface area contributed by atoms with Crippen LogP contribution in [0.2, 0.25) is 10.0 Å². The lowest BCUT2D eigenvalue weighted by Gasteiger charge is -2.22. The van der Waals surface area contributed by atoms with E-state index in [9.17, 15) is 14.7 Å². The van der Waals surface area contributed by atoms with Crippen LogP contribution in [0.25, 0.3) is 0 Å². The molecular formula is C29H30Cl2N2O7. The zero-order valence-corrected chi connectivity index (χ0v) is 23.6. The van der Waals surface area contributed by atoms with Gasteiger partial charge in [0.05, 0.1) is 24.2 Å². The Balaban J connectivity index is 1.37. The largest absolute Gasteiger partial charge is 0.497 e. The van der Waals surface area contributed by atoms with Gasteiger partial charge in [0.25, 0.3) is 11.8 Å². The molecule has 3 aromatic rings. The van der Waals surface area contributed by atoms with Crippen LogP contribution in [0.3, 0.4) is 0 Å². The quantitative estimate of drug-likeness (QED) is 0.324. The molecule has 1 fully saturated rings. The first-order chi connectivity index (χ1) is 19.3. The highest BCUT2D eigenvalue weighted by Gasteiger charge is 2.34. The van der Waals surface area contributed by atoms with E-state index in [1.807, 2.05) is 24.3 Å². The molecule has 0 bridgehead atoms. The molecule has 1 heterocycles. The van der Waals surface area contributed by atoms with Crippen LogP contribution in [0.1, 0.15) is 22.3 Å². The van der Waals surface area contributed by atoms with Gasteiger partial charge >= 0.3 is 0 Å². The van der Waals surface area contributed by atoms with E-state index in [1.54, 1.807) is 31.4 Å². The van der Waals surface area contributed by atoms with Crippen molar-refractivity contribution in [2.45, 2.75) is 25.2 Å². The van der Waals surface area contributed by atoms with Crippen molar-refractivity contribution in [2.75, 3.05) is 33.9 Å². The van der Waals surface area contributed by atoms with Gasteiger partial charge < -0.3 is 34.3 Å². The summed E-state index contributed by atoms with van der Waals surface area (Å²) in [6, 6.07) is 17.1. The molecule has 2 atom stereocenters. The highest BCUT2D eigenvalue weighted by Crippen LogP contribution is 2.34. The van der Waals surface area contributed by atoms with Crippen molar-refractivity contribution in [2.24, 2.45) is 0 Å². The molecule has 0 aromatic heterocycles. The number of nitrogens with one attached hydrogen (secondary N) is 1. The van der Waals surface area contributed by atoms with E-state index in [0.29, 0.717) is 29.5 Å². The number of aliphatic hydroxyl groups excluding tert-OH is 1. The molecule has 40 heavy (non-hydrogen) atoms. The Morgan fingerprint density at radius 1 is 1.05 bits per heavy atom. The predicted octanol–water partition coefficient (Wildman–Crippen LogP) is 4.36. The van der Waals surface area contributed by atoms with Crippen molar-refractivity contribution >= 4 is 35.0 Å². The molecule has 0 spiro atoms. The van der Waals surface area contributed by atoms with Gasteiger partial charge in [0.2, 0.25) is 0 Å². The van der Waals surface area contributed by atoms with Gasteiger partial charge in [-0.1, -0.05) is 35.3 Å². The van der Waals surface area contributed by atoms with Crippen LogP contribution < -0.4 is 24.3 Å². The Morgan fingerprint density at radius 2 is 1.75 bits per heavy atom. The van der Waals surface area contributed by atoms with Crippen LogP contribution in [0.5, 0.6) is 23.0 Å². The van der Waals surface area contributed by atoms with E-state index >= 15 is 0 Å². The number of benzene rings is 3. The lowest BCUT2D eigenvalue weighted by Crippen LogP contribution is -2.39. The van der Waals surface area contributed by atoms with Crippen molar-refractivity contribution in [3.8, 4) is 23.0 Å².